The maximum atomic E-state index is 12.8. The number of thioether (sulfide) groups is 1. The van der Waals surface area contributed by atoms with Crippen LogP contribution in [0.4, 0.5) is 5.69 Å². The molecule has 3 heterocycles. The number of carbonyl (C=O) groups excluding carboxylic acids is 1. The van der Waals surface area contributed by atoms with E-state index in [1.165, 1.54) is 0 Å². The van der Waals surface area contributed by atoms with E-state index in [0.29, 0.717) is 24.6 Å². The number of benzene rings is 1. The van der Waals surface area contributed by atoms with Crippen LogP contribution in [0.2, 0.25) is 0 Å². The number of anilines is 1. The third-order valence-corrected chi connectivity index (χ3v) is 8.17. The van der Waals surface area contributed by atoms with Gasteiger partial charge < -0.3 is 9.73 Å². The van der Waals surface area contributed by atoms with Crippen molar-refractivity contribution in [3.05, 3.63) is 42.4 Å². The summed E-state index contributed by atoms with van der Waals surface area (Å²) in [6.07, 6.45) is 3.98. The van der Waals surface area contributed by atoms with Crippen molar-refractivity contribution in [3.63, 3.8) is 0 Å². The average Bonchev–Trinajstić information content (AvgIpc) is 3.16. The van der Waals surface area contributed by atoms with Crippen LogP contribution in [0.1, 0.15) is 31.9 Å². The van der Waals surface area contributed by atoms with Crippen LogP contribution >= 0.6 is 11.8 Å². The highest BCUT2D eigenvalue weighted by molar-refractivity contribution is 8.00. The minimum atomic E-state index is -3.63. The van der Waals surface area contributed by atoms with Gasteiger partial charge in [-0.1, -0.05) is 6.92 Å². The van der Waals surface area contributed by atoms with Gasteiger partial charge >= 0.3 is 0 Å². The molecule has 0 spiro atoms. The Labute approximate surface area is 181 Å². The minimum absolute atomic E-state index is 0.0856. The lowest BCUT2D eigenvalue weighted by molar-refractivity contribution is -0.116. The Morgan fingerprint density at radius 1 is 1.27 bits per heavy atom. The molecule has 162 valence electrons. The van der Waals surface area contributed by atoms with Crippen LogP contribution in [0, 0.1) is 5.92 Å². The molecule has 9 heteroatoms. The molecule has 2 aromatic rings. The molecule has 2 N–H and O–H groups in total. The summed E-state index contributed by atoms with van der Waals surface area (Å²) in [5.74, 6) is 1.18. The predicted octanol–water partition coefficient (Wildman–Crippen LogP) is 3.29. The van der Waals surface area contributed by atoms with Crippen molar-refractivity contribution in [2.24, 2.45) is 5.92 Å². The molecule has 30 heavy (non-hydrogen) atoms. The minimum Gasteiger partial charge on any atom is -0.468 e. The molecule has 1 aromatic carbocycles. The van der Waals surface area contributed by atoms with Crippen LogP contribution in [-0.2, 0) is 21.4 Å². The van der Waals surface area contributed by atoms with Gasteiger partial charge in [0, 0.05) is 23.1 Å². The van der Waals surface area contributed by atoms with E-state index in [9.17, 15) is 13.2 Å². The third kappa shape index (κ3) is 5.26. The van der Waals surface area contributed by atoms with Gasteiger partial charge in [-0.15, -0.1) is 11.8 Å². The number of nitrogens with zero attached hydrogens (tertiary/aromatic N) is 1. The SMILES string of the molecule is C[C@H]1CC(=O)Nc2cc(S(=O)(=O)NCC3CCN(Cc4ccco4)CC3)ccc2S1. The second-order valence-corrected chi connectivity index (χ2v) is 11.2. The topological polar surface area (TPSA) is 91.6 Å². The second-order valence-electron chi connectivity index (χ2n) is 7.99. The van der Waals surface area contributed by atoms with Crippen molar-refractivity contribution in [1.29, 1.82) is 0 Å². The van der Waals surface area contributed by atoms with E-state index in [2.05, 4.69) is 14.9 Å². The van der Waals surface area contributed by atoms with Gasteiger partial charge in [0.05, 0.1) is 23.4 Å². The van der Waals surface area contributed by atoms with E-state index in [-0.39, 0.29) is 16.1 Å². The van der Waals surface area contributed by atoms with Crippen LogP contribution in [0.25, 0.3) is 0 Å². The first-order chi connectivity index (χ1) is 14.4. The molecular formula is C21H27N3O4S2. The largest absolute Gasteiger partial charge is 0.468 e. The summed E-state index contributed by atoms with van der Waals surface area (Å²) in [5, 5.41) is 2.99. The van der Waals surface area contributed by atoms with Gasteiger partial charge in [0.25, 0.3) is 0 Å². The average molecular weight is 450 g/mol. The van der Waals surface area contributed by atoms with Gasteiger partial charge in [-0.25, -0.2) is 13.1 Å². The van der Waals surface area contributed by atoms with Crippen molar-refractivity contribution in [1.82, 2.24) is 9.62 Å². The Bertz CT molecular complexity index is 984. The first kappa shape index (κ1) is 21.4. The van der Waals surface area contributed by atoms with E-state index < -0.39 is 10.0 Å². The van der Waals surface area contributed by atoms with E-state index in [4.69, 9.17) is 4.42 Å². The Balaban J connectivity index is 1.33. The number of furan rings is 1. The van der Waals surface area contributed by atoms with E-state index in [1.807, 2.05) is 19.1 Å². The molecule has 4 rings (SSSR count). The molecule has 1 fully saturated rings. The quantitative estimate of drug-likeness (QED) is 0.703. The number of rotatable bonds is 6. The number of likely N-dealkylation sites (tertiary alicyclic amines) is 1. The van der Waals surface area contributed by atoms with Crippen LogP contribution in [0.3, 0.4) is 0 Å². The third-order valence-electron chi connectivity index (χ3n) is 5.57. The summed E-state index contributed by atoms with van der Waals surface area (Å²) >= 11 is 1.58. The van der Waals surface area contributed by atoms with Gasteiger partial charge in [0.2, 0.25) is 15.9 Å². The summed E-state index contributed by atoms with van der Waals surface area (Å²) in [6.45, 7) is 5.06. The lowest BCUT2D eigenvalue weighted by Gasteiger charge is -2.31. The molecule has 7 nitrogen and oxygen atoms in total. The Morgan fingerprint density at radius 3 is 2.80 bits per heavy atom. The van der Waals surface area contributed by atoms with Gasteiger partial charge in [-0.2, -0.15) is 0 Å². The highest BCUT2D eigenvalue weighted by atomic mass is 32.2. The number of sulfonamides is 1. The molecule has 1 aromatic heterocycles. The van der Waals surface area contributed by atoms with Crippen molar-refractivity contribution in [2.75, 3.05) is 25.0 Å². The maximum Gasteiger partial charge on any atom is 0.240 e. The summed E-state index contributed by atoms with van der Waals surface area (Å²) in [5.41, 5.74) is 0.573. The first-order valence-electron chi connectivity index (χ1n) is 10.2. The predicted molar refractivity (Wildman–Crippen MR) is 117 cm³/mol. The van der Waals surface area contributed by atoms with Crippen molar-refractivity contribution in [3.8, 4) is 0 Å². The molecule has 2 aliphatic rings. The lowest BCUT2D eigenvalue weighted by Crippen LogP contribution is -2.38. The van der Waals surface area contributed by atoms with Gasteiger partial charge in [-0.3, -0.25) is 9.69 Å². The fourth-order valence-electron chi connectivity index (χ4n) is 3.88. The first-order valence-corrected chi connectivity index (χ1v) is 12.6. The number of carbonyl (C=O) groups is 1. The van der Waals surface area contributed by atoms with Crippen LogP contribution < -0.4 is 10.0 Å². The highest BCUT2D eigenvalue weighted by Crippen LogP contribution is 2.36. The molecule has 1 amide bonds. The second kappa shape index (κ2) is 9.13. The number of nitrogens with one attached hydrogen (secondary N) is 2. The molecule has 1 atom stereocenters. The maximum absolute atomic E-state index is 12.8. The number of piperidine rings is 1. The van der Waals surface area contributed by atoms with E-state index >= 15 is 0 Å². The number of hydrogen-bond donors (Lipinski definition) is 2. The zero-order valence-electron chi connectivity index (χ0n) is 17.0. The highest BCUT2D eigenvalue weighted by Gasteiger charge is 2.24. The van der Waals surface area contributed by atoms with Crippen LogP contribution in [0.5, 0.6) is 0 Å². The Hall–Kier alpha value is -1.81. The number of hydrogen-bond acceptors (Lipinski definition) is 6. The zero-order chi connectivity index (χ0) is 21.1. The summed E-state index contributed by atoms with van der Waals surface area (Å²) in [6, 6.07) is 8.83. The molecular weight excluding hydrogens is 422 g/mol. The fourth-order valence-corrected chi connectivity index (χ4v) is 6.07. The molecule has 0 radical (unpaired) electrons. The number of fused-ring (bicyclic) bond motifs is 1. The normalized spacial score (nSPS) is 21.1. The smallest absolute Gasteiger partial charge is 0.240 e. The zero-order valence-corrected chi connectivity index (χ0v) is 18.6. The molecule has 0 aliphatic carbocycles. The molecule has 0 saturated carbocycles. The number of amides is 1. The summed E-state index contributed by atoms with van der Waals surface area (Å²) in [7, 11) is -3.63. The molecule has 2 aliphatic heterocycles. The van der Waals surface area contributed by atoms with Gasteiger partial charge in [-0.05, 0) is 62.2 Å². The van der Waals surface area contributed by atoms with Crippen molar-refractivity contribution < 1.29 is 17.6 Å². The van der Waals surface area contributed by atoms with Gasteiger partial charge in [0.15, 0.2) is 0 Å². The standard InChI is InChI=1S/C21H27N3O4S2/c1-15-11-21(25)23-19-12-18(4-5-20(19)29-15)30(26,27)22-13-16-6-8-24(9-7-16)14-17-3-2-10-28-17/h2-5,10,12,15-16,22H,6-9,11,13-14H2,1H3,(H,23,25)/t15-/m0/s1. The van der Waals surface area contributed by atoms with Crippen LogP contribution in [0.15, 0.2) is 50.8 Å². The fraction of sp³-hybridized carbons (Fsp3) is 0.476. The van der Waals surface area contributed by atoms with Gasteiger partial charge in [0.1, 0.15) is 5.76 Å². The van der Waals surface area contributed by atoms with E-state index in [1.54, 1.807) is 36.2 Å². The van der Waals surface area contributed by atoms with Crippen LogP contribution in [-0.4, -0.2) is 44.1 Å². The molecule has 1 saturated heterocycles. The Morgan fingerprint density at radius 2 is 2.07 bits per heavy atom. The monoisotopic (exact) mass is 449 g/mol. The molecule has 0 bridgehead atoms. The summed E-state index contributed by atoms with van der Waals surface area (Å²) < 4.78 is 33.8. The van der Waals surface area contributed by atoms with Crippen molar-refractivity contribution in [2.45, 2.75) is 47.8 Å². The van der Waals surface area contributed by atoms with Crippen molar-refractivity contribution >= 4 is 33.4 Å². The molecule has 0 unspecified atom stereocenters. The summed E-state index contributed by atoms with van der Waals surface area (Å²) in [4.78, 5) is 15.4. The Kier molecular flexibility index (Phi) is 6.52. The lowest BCUT2D eigenvalue weighted by atomic mass is 9.97. The van der Waals surface area contributed by atoms with E-state index in [0.717, 1.165) is 43.1 Å².